The fourth-order valence-electron chi connectivity index (χ4n) is 3.76. The van der Waals surface area contributed by atoms with E-state index >= 15 is 0 Å². The maximum Gasteiger partial charge on any atom is 0.573 e. The number of carbonyl (C=O) groups is 1. The molecule has 0 fully saturated rings. The standard InChI is InChI=1S/C26H21F3N2O4/c1-34-23-8-3-2-5-18(23)15-24(32)30-22-7-4-6-21-20(22)13-14-31(25(21)33)16-17-9-11-19(12-10-17)35-26(27,28)29/h2-14H,15-16H2,1H3,(H,30,32). The topological polar surface area (TPSA) is 69.6 Å². The van der Waals surface area contributed by atoms with Gasteiger partial charge >= 0.3 is 6.36 Å². The van der Waals surface area contributed by atoms with Crippen molar-refractivity contribution in [1.82, 2.24) is 4.57 Å². The molecule has 9 heteroatoms. The Kier molecular flexibility index (Phi) is 6.77. The highest BCUT2D eigenvalue weighted by Crippen LogP contribution is 2.24. The van der Waals surface area contributed by atoms with Gasteiger partial charge in [0.25, 0.3) is 5.56 Å². The first kappa shape index (κ1) is 23.9. The zero-order valence-corrected chi connectivity index (χ0v) is 18.6. The highest BCUT2D eigenvalue weighted by molar-refractivity contribution is 6.02. The van der Waals surface area contributed by atoms with Crippen molar-refractivity contribution < 1.29 is 27.4 Å². The van der Waals surface area contributed by atoms with Crippen LogP contribution in [0.15, 0.2) is 83.8 Å². The normalized spacial score (nSPS) is 11.3. The number of hydrogen-bond donors (Lipinski definition) is 1. The summed E-state index contributed by atoms with van der Waals surface area (Å²) < 4.78 is 47.6. The minimum absolute atomic E-state index is 0.103. The number of methoxy groups -OCH3 is 1. The Bertz CT molecular complexity index is 1410. The number of rotatable bonds is 7. The zero-order valence-electron chi connectivity index (χ0n) is 18.6. The Morgan fingerprint density at radius 3 is 2.40 bits per heavy atom. The maximum atomic E-state index is 13.1. The van der Waals surface area contributed by atoms with Gasteiger partial charge in [-0.25, -0.2) is 0 Å². The van der Waals surface area contributed by atoms with Crippen molar-refractivity contribution in [3.05, 3.63) is 100 Å². The second-order valence-electron chi connectivity index (χ2n) is 7.74. The molecular weight excluding hydrogens is 461 g/mol. The van der Waals surface area contributed by atoms with E-state index in [2.05, 4.69) is 10.1 Å². The highest BCUT2D eigenvalue weighted by atomic mass is 19.4. The fourth-order valence-corrected chi connectivity index (χ4v) is 3.76. The van der Waals surface area contributed by atoms with Gasteiger partial charge in [0.1, 0.15) is 11.5 Å². The molecule has 0 aliphatic carbocycles. The average Bonchev–Trinajstić information content (AvgIpc) is 2.82. The van der Waals surface area contributed by atoms with Crippen LogP contribution in [0.25, 0.3) is 10.8 Å². The Labute approximate surface area is 198 Å². The molecule has 6 nitrogen and oxygen atoms in total. The first-order valence-corrected chi connectivity index (χ1v) is 10.6. The Hall–Kier alpha value is -4.27. The summed E-state index contributed by atoms with van der Waals surface area (Å²) in [7, 11) is 1.54. The molecule has 0 unspecified atom stereocenters. The summed E-state index contributed by atoms with van der Waals surface area (Å²) in [6.07, 6.45) is -3.08. The van der Waals surface area contributed by atoms with Crippen LogP contribution in [0, 0.1) is 0 Å². The number of benzene rings is 3. The summed E-state index contributed by atoms with van der Waals surface area (Å²) >= 11 is 0. The molecule has 35 heavy (non-hydrogen) atoms. The zero-order chi connectivity index (χ0) is 25.0. The van der Waals surface area contributed by atoms with Crippen LogP contribution in [0.3, 0.4) is 0 Å². The number of nitrogens with zero attached hydrogens (tertiary/aromatic N) is 1. The molecule has 3 aromatic carbocycles. The third kappa shape index (κ3) is 5.81. The fraction of sp³-hybridized carbons (Fsp3) is 0.154. The van der Waals surface area contributed by atoms with Crippen molar-refractivity contribution in [3.8, 4) is 11.5 Å². The van der Waals surface area contributed by atoms with E-state index in [1.54, 1.807) is 36.5 Å². The minimum Gasteiger partial charge on any atom is -0.496 e. The van der Waals surface area contributed by atoms with Gasteiger partial charge < -0.3 is 19.4 Å². The summed E-state index contributed by atoms with van der Waals surface area (Å²) in [4.78, 5) is 25.7. The second kappa shape index (κ2) is 9.92. The number of amides is 1. The van der Waals surface area contributed by atoms with Crippen molar-refractivity contribution in [2.75, 3.05) is 12.4 Å². The van der Waals surface area contributed by atoms with Crippen LogP contribution >= 0.6 is 0 Å². The lowest BCUT2D eigenvalue weighted by atomic mass is 10.1. The Morgan fingerprint density at radius 2 is 1.69 bits per heavy atom. The van der Waals surface area contributed by atoms with E-state index < -0.39 is 6.36 Å². The lowest BCUT2D eigenvalue weighted by Gasteiger charge is -2.13. The van der Waals surface area contributed by atoms with Gasteiger partial charge in [-0.05, 0) is 42.0 Å². The molecule has 0 radical (unpaired) electrons. The number of halogens is 3. The molecular formula is C26H21F3N2O4. The molecule has 0 spiro atoms. The van der Waals surface area contributed by atoms with E-state index in [9.17, 15) is 22.8 Å². The number of nitrogens with one attached hydrogen (secondary N) is 1. The van der Waals surface area contributed by atoms with Gasteiger partial charge in [0.2, 0.25) is 5.91 Å². The first-order chi connectivity index (χ1) is 16.7. The largest absolute Gasteiger partial charge is 0.573 e. The van der Waals surface area contributed by atoms with E-state index in [1.807, 2.05) is 18.2 Å². The Balaban J connectivity index is 1.53. The molecule has 0 atom stereocenters. The van der Waals surface area contributed by atoms with Gasteiger partial charge in [-0.3, -0.25) is 9.59 Å². The van der Waals surface area contributed by atoms with Crippen molar-refractivity contribution in [2.24, 2.45) is 0 Å². The summed E-state index contributed by atoms with van der Waals surface area (Å²) in [6, 6.07) is 19.3. The molecule has 1 N–H and O–H groups in total. The van der Waals surface area contributed by atoms with Gasteiger partial charge in [0, 0.05) is 28.2 Å². The lowest BCUT2D eigenvalue weighted by Crippen LogP contribution is -2.21. The van der Waals surface area contributed by atoms with Crippen LogP contribution in [-0.2, 0) is 17.8 Å². The number of para-hydroxylation sites is 1. The molecule has 0 aliphatic rings. The van der Waals surface area contributed by atoms with Crippen molar-refractivity contribution in [2.45, 2.75) is 19.3 Å². The van der Waals surface area contributed by atoms with Crippen molar-refractivity contribution >= 4 is 22.4 Å². The monoisotopic (exact) mass is 482 g/mol. The quantitative estimate of drug-likeness (QED) is 0.396. The van der Waals surface area contributed by atoms with Crippen molar-refractivity contribution in [3.63, 3.8) is 0 Å². The van der Waals surface area contributed by atoms with Crippen LogP contribution in [0.2, 0.25) is 0 Å². The summed E-state index contributed by atoms with van der Waals surface area (Å²) in [5.41, 5.74) is 1.57. The molecule has 0 bridgehead atoms. The van der Waals surface area contributed by atoms with E-state index in [-0.39, 0.29) is 30.2 Å². The number of alkyl halides is 3. The smallest absolute Gasteiger partial charge is 0.496 e. The summed E-state index contributed by atoms with van der Waals surface area (Å²) in [5.74, 6) is 0.0226. The number of fused-ring (bicyclic) bond motifs is 1. The summed E-state index contributed by atoms with van der Waals surface area (Å²) in [6.45, 7) is 0.158. The maximum absolute atomic E-state index is 13.1. The highest BCUT2D eigenvalue weighted by Gasteiger charge is 2.30. The number of anilines is 1. The predicted octanol–water partition coefficient (Wildman–Crippen LogP) is 5.14. The molecule has 1 heterocycles. The molecule has 0 saturated carbocycles. The first-order valence-electron chi connectivity index (χ1n) is 10.6. The van der Waals surface area contributed by atoms with E-state index in [0.717, 1.165) is 5.56 Å². The second-order valence-corrected chi connectivity index (χ2v) is 7.74. The van der Waals surface area contributed by atoms with Crippen LogP contribution in [0.4, 0.5) is 18.9 Å². The van der Waals surface area contributed by atoms with E-state index in [4.69, 9.17) is 4.74 Å². The van der Waals surface area contributed by atoms with Crippen LogP contribution < -0.4 is 20.3 Å². The van der Waals surface area contributed by atoms with Gasteiger partial charge in [-0.1, -0.05) is 36.4 Å². The number of aromatic nitrogens is 1. The molecule has 1 aromatic heterocycles. The van der Waals surface area contributed by atoms with Gasteiger partial charge in [0.15, 0.2) is 0 Å². The third-order valence-corrected chi connectivity index (χ3v) is 5.35. The molecule has 4 rings (SSSR count). The molecule has 0 aliphatic heterocycles. The predicted molar refractivity (Wildman–Crippen MR) is 126 cm³/mol. The summed E-state index contributed by atoms with van der Waals surface area (Å²) in [5, 5.41) is 3.84. The average molecular weight is 482 g/mol. The van der Waals surface area contributed by atoms with Crippen LogP contribution in [-0.4, -0.2) is 23.9 Å². The number of ether oxygens (including phenoxy) is 2. The van der Waals surface area contributed by atoms with Crippen molar-refractivity contribution in [1.29, 1.82) is 0 Å². The van der Waals surface area contributed by atoms with Gasteiger partial charge in [0.05, 0.1) is 20.1 Å². The lowest BCUT2D eigenvalue weighted by molar-refractivity contribution is -0.274. The van der Waals surface area contributed by atoms with E-state index in [0.29, 0.717) is 27.8 Å². The van der Waals surface area contributed by atoms with Crippen LogP contribution in [0.1, 0.15) is 11.1 Å². The molecule has 180 valence electrons. The molecule has 1 amide bonds. The number of carbonyl (C=O) groups excluding carboxylic acids is 1. The SMILES string of the molecule is COc1ccccc1CC(=O)Nc1cccc2c(=O)n(Cc3ccc(OC(F)(F)F)cc3)ccc12. The Morgan fingerprint density at radius 1 is 0.943 bits per heavy atom. The third-order valence-electron chi connectivity index (χ3n) is 5.35. The van der Waals surface area contributed by atoms with E-state index in [1.165, 1.54) is 35.9 Å². The molecule has 4 aromatic rings. The number of pyridine rings is 1. The number of hydrogen-bond acceptors (Lipinski definition) is 4. The van der Waals surface area contributed by atoms with Gasteiger partial charge in [-0.15, -0.1) is 13.2 Å². The van der Waals surface area contributed by atoms with Gasteiger partial charge in [-0.2, -0.15) is 0 Å². The molecule has 0 saturated heterocycles. The minimum atomic E-state index is -4.77. The van der Waals surface area contributed by atoms with Crippen LogP contribution in [0.5, 0.6) is 11.5 Å².